The first-order valence-electron chi connectivity index (χ1n) is 5.87. The number of nitrogens with two attached hydrogens (primary N) is 1. The fourth-order valence-electron chi connectivity index (χ4n) is 2.35. The summed E-state index contributed by atoms with van der Waals surface area (Å²) in [4.78, 5) is 26.6. The number of aromatic nitrogens is 2. The van der Waals surface area contributed by atoms with Crippen LogP contribution in [0.1, 0.15) is 9.67 Å². The number of hydrogen-bond donors (Lipinski definition) is 2. The van der Waals surface area contributed by atoms with E-state index < -0.39 is 5.91 Å². The van der Waals surface area contributed by atoms with Crippen molar-refractivity contribution in [1.29, 1.82) is 0 Å². The van der Waals surface area contributed by atoms with Crippen molar-refractivity contribution >= 4 is 46.0 Å². The molecule has 0 bridgehead atoms. The summed E-state index contributed by atoms with van der Waals surface area (Å²) >= 11 is 6.33. The van der Waals surface area contributed by atoms with Crippen LogP contribution in [-0.4, -0.2) is 22.1 Å². The van der Waals surface area contributed by atoms with Gasteiger partial charge in [-0.05, 0) is 18.3 Å². The topological polar surface area (TPSA) is 98.8 Å². The molecule has 0 spiro atoms. The summed E-state index contributed by atoms with van der Waals surface area (Å²) < 4.78 is 12.6. The number of fused-ring (bicyclic) bond motifs is 4. The third-order valence-electron chi connectivity index (χ3n) is 3.24. The average molecular weight is 321 g/mol. The number of H-pyrrole nitrogens is 1. The van der Waals surface area contributed by atoms with Crippen molar-refractivity contribution < 1.29 is 14.3 Å². The zero-order valence-electron chi connectivity index (χ0n) is 10.3. The molecule has 3 N–H and O–H groups in total. The van der Waals surface area contributed by atoms with Gasteiger partial charge in [0.2, 0.25) is 6.79 Å². The molecule has 4 rings (SSSR count). The monoisotopic (exact) mass is 321 g/mol. The lowest BCUT2D eigenvalue weighted by molar-refractivity contribution is 0.100. The van der Waals surface area contributed by atoms with Crippen LogP contribution in [-0.2, 0) is 0 Å². The van der Waals surface area contributed by atoms with Crippen LogP contribution < -0.4 is 20.8 Å². The lowest BCUT2D eigenvalue weighted by atomic mass is 10.2. The van der Waals surface area contributed by atoms with E-state index in [0.717, 1.165) is 11.3 Å². The predicted molar refractivity (Wildman–Crippen MR) is 78.9 cm³/mol. The van der Waals surface area contributed by atoms with E-state index in [4.69, 9.17) is 27.4 Å². The van der Waals surface area contributed by atoms with Crippen LogP contribution in [0, 0.1) is 3.95 Å². The lowest BCUT2D eigenvalue weighted by Crippen LogP contribution is -2.14. The molecule has 21 heavy (non-hydrogen) atoms. The van der Waals surface area contributed by atoms with Gasteiger partial charge in [0.05, 0.1) is 10.9 Å². The van der Waals surface area contributed by atoms with E-state index >= 15 is 0 Å². The van der Waals surface area contributed by atoms with Crippen molar-refractivity contribution in [2.45, 2.75) is 0 Å². The van der Waals surface area contributed by atoms with Gasteiger partial charge in [0, 0.05) is 6.07 Å². The number of aromatic amines is 1. The molecule has 1 aliphatic rings. The van der Waals surface area contributed by atoms with Crippen molar-refractivity contribution in [3.05, 3.63) is 31.3 Å². The third-order valence-corrected chi connectivity index (χ3v) is 4.63. The van der Waals surface area contributed by atoms with Gasteiger partial charge in [0.25, 0.3) is 11.5 Å². The Labute approximate surface area is 125 Å². The Morgan fingerprint density at radius 1 is 1.38 bits per heavy atom. The molecular weight excluding hydrogens is 314 g/mol. The lowest BCUT2D eigenvalue weighted by Gasteiger charge is -2.04. The number of benzene rings is 1. The van der Waals surface area contributed by atoms with Gasteiger partial charge in [-0.15, -0.1) is 0 Å². The fraction of sp³-hybridized carbons (Fsp3) is 0.0833. The summed E-state index contributed by atoms with van der Waals surface area (Å²) in [5.74, 6) is 0.400. The highest BCUT2D eigenvalue weighted by molar-refractivity contribution is 7.73. The molecular formula is C12H7N3O4S2. The first-order valence-corrected chi connectivity index (χ1v) is 7.10. The van der Waals surface area contributed by atoms with Crippen LogP contribution in [0.15, 0.2) is 16.9 Å². The van der Waals surface area contributed by atoms with E-state index in [1.807, 2.05) is 0 Å². The minimum Gasteiger partial charge on any atom is -0.454 e. The molecule has 9 heteroatoms. The summed E-state index contributed by atoms with van der Waals surface area (Å²) in [5, 5.41) is 0.400. The van der Waals surface area contributed by atoms with Gasteiger partial charge >= 0.3 is 0 Å². The number of nitrogens with zero attached hydrogens (tertiary/aromatic N) is 1. The Morgan fingerprint density at radius 2 is 2.10 bits per heavy atom. The van der Waals surface area contributed by atoms with Crippen molar-refractivity contribution in [2.75, 3.05) is 6.79 Å². The number of ether oxygens (including phenoxy) is 2. The van der Waals surface area contributed by atoms with Crippen LogP contribution in [0.5, 0.6) is 11.5 Å². The number of hydrogen-bond acceptors (Lipinski definition) is 6. The highest BCUT2D eigenvalue weighted by Crippen LogP contribution is 2.35. The van der Waals surface area contributed by atoms with E-state index in [9.17, 15) is 9.59 Å². The molecule has 3 heterocycles. The zero-order chi connectivity index (χ0) is 14.7. The standard InChI is InChI=1S/C12H7N3O4S2/c13-9(16)8-10-14-11(17)4-1-6-7(19-3-18-6)2-5(4)15(10)12(20)21-8/h1-2H,3H2,(H2,13,16)(H,14,17). The van der Waals surface area contributed by atoms with Crippen LogP contribution in [0.25, 0.3) is 16.6 Å². The summed E-state index contributed by atoms with van der Waals surface area (Å²) in [7, 11) is 0. The quantitative estimate of drug-likeness (QED) is 0.660. The summed E-state index contributed by atoms with van der Waals surface area (Å²) in [5.41, 5.74) is 5.82. The largest absolute Gasteiger partial charge is 0.454 e. The maximum atomic E-state index is 12.2. The van der Waals surface area contributed by atoms with E-state index in [1.165, 1.54) is 0 Å². The SMILES string of the molecule is NC(=O)c1sc(=S)n2c1[nH]c(=O)c1cc3c(cc12)OCO3. The van der Waals surface area contributed by atoms with E-state index in [1.54, 1.807) is 16.5 Å². The second-order valence-corrected chi connectivity index (χ2v) is 6.07. The van der Waals surface area contributed by atoms with Crippen molar-refractivity contribution in [3.8, 4) is 11.5 Å². The van der Waals surface area contributed by atoms with Gasteiger partial charge in [-0.1, -0.05) is 11.3 Å². The molecule has 106 valence electrons. The number of carbonyl (C=O) groups is 1. The molecule has 3 aromatic rings. The Morgan fingerprint density at radius 3 is 2.81 bits per heavy atom. The molecule has 7 nitrogen and oxygen atoms in total. The Kier molecular flexibility index (Phi) is 2.39. The molecule has 2 aromatic heterocycles. The predicted octanol–water partition coefficient (Wildman–Crippen LogP) is 1.40. The van der Waals surface area contributed by atoms with Gasteiger partial charge in [0.1, 0.15) is 10.5 Å². The first-order chi connectivity index (χ1) is 10.1. The smallest absolute Gasteiger partial charge is 0.262 e. The van der Waals surface area contributed by atoms with Crippen molar-refractivity contribution in [2.24, 2.45) is 5.73 Å². The number of rotatable bonds is 1. The Balaban J connectivity index is 2.27. The van der Waals surface area contributed by atoms with E-state index in [-0.39, 0.29) is 17.2 Å². The second kappa shape index (κ2) is 4.06. The molecule has 0 aliphatic carbocycles. The van der Waals surface area contributed by atoms with Gasteiger partial charge in [-0.3, -0.25) is 14.0 Å². The van der Waals surface area contributed by atoms with Crippen molar-refractivity contribution in [3.63, 3.8) is 0 Å². The summed E-state index contributed by atoms with van der Waals surface area (Å²) in [6.45, 7) is 0.105. The summed E-state index contributed by atoms with van der Waals surface area (Å²) in [6, 6.07) is 3.27. The molecule has 1 aliphatic heterocycles. The first kappa shape index (κ1) is 12.4. The summed E-state index contributed by atoms with van der Waals surface area (Å²) in [6.07, 6.45) is 0. The van der Waals surface area contributed by atoms with Gasteiger partial charge < -0.3 is 20.2 Å². The molecule has 0 saturated heterocycles. The minimum absolute atomic E-state index is 0.105. The van der Waals surface area contributed by atoms with Gasteiger partial charge in [-0.25, -0.2) is 0 Å². The molecule has 0 saturated carbocycles. The second-order valence-electron chi connectivity index (χ2n) is 4.42. The number of amides is 1. The van der Waals surface area contributed by atoms with E-state index in [2.05, 4.69) is 4.98 Å². The van der Waals surface area contributed by atoms with Crippen LogP contribution in [0.4, 0.5) is 0 Å². The average Bonchev–Trinajstić information content (AvgIpc) is 3.01. The van der Waals surface area contributed by atoms with Crippen LogP contribution >= 0.6 is 23.6 Å². The maximum absolute atomic E-state index is 12.2. The number of primary amides is 1. The number of thiazole rings is 1. The Hall–Kier alpha value is -2.39. The molecule has 0 fully saturated rings. The molecule has 0 unspecified atom stereocenters. The molecule has 1 amide bonds. The van der Waals surface area contributed by atoms with Crippen LogP contribution in [0.2, 0.25) is 0 Å². The zero-order valence-corrected chi connectivity index (χ0v) is 12.0. The molecule has 0 atom stereocenters. The third kappa shape index (κ3) is 1.61. The highest BCUT2D eigenvalue weighted by atomic mass is 32.1. The highest BCUT2D eigenvalue weighted by Gasteiger charge is 2.20. The molecule has 0 radical (unpaired) electrons. The van der Waals surface area contributed by atoms with Gasteiger partial charge in [0.15, 0.2) is 15.5 Å². The fourth-order valence-corrected chi connectivity index (χ4v) is 3.58. The van der Waals surface area contributed by atoms with Gasteiger partial charge in [-0.2, -0.15) is 0 Å². The normalized spacial score (nSPS) is 13.1. The van der Waals surface area contributed by atoms with Crippen molar-refractivity contribution in [1.82, 2.24) is 9.38 Å². The van der Waals surface area contributed by atoms with Crippen LogP contribution in [0.3, 0.4) is 0 Å². The van der Waals surface area contributed by atoms with E-state index in [0.29, 0.717) is 32.0 Å². The number of carbonyl (C=O) groups excluding carboxylic acids is 1. The molecule has 1 aromatic carbocycles. The Bertz CT molecular complexity index is 1050. The minimum atomic E-state index is -0.635. The number of nitrogens with one attached hydrogen (secondary N) is 1. The maximum Gasteiger partial charge on any atom is 0.262 e.